The van der Waals surface area contributed by atoms with Crippen molar-refractivity contribution >= 4 is 11.8 Å². The Balaban J connectivity index is 2.48. The van der Waals surface area contributed by atoms with Crippen molar-refractivity contribution in [2.45, 2.75) is 36.0 Å². The molecule has 1 saturated carbocycles. The second-order valence-electron chi connectivity index (χ2n) is 4.63. The molecule has 94 valence electrons. The van der Waals surface area contributed by atoms with Crippen LogP contribution in [-0.4, -0.2) is 12.8 Å². The van der Waals surface area contributed by atoms with Gasteiger partial charge in [-0.3, -0.25) is 0 Å². The molecule has 0 aliphatic heterocycles. The fraction of sp³-hybridized carbons (Fsp3) is 0.538. The molecule has 0 atom stereocenters. The predicted molar refractivity (Wildman–Crippen MR) is 67.3 cm³/mol. The van der Waals surface area contributed by atoms with E-state index in [1.807, 2.05) is 0 Å². The number of rotatable bonds is 3. The Morgan fingerprint density at radius 1 is 1.24 bits per heavy atom. The zero-order valence-corrected chi connectivity index (χ0v) is 10.7. The number of nitrogens with two attached hydrogens (primary N) is 1. The molecule has 0 unspecified atom stereocenters. The summed E-state index contributed by atoms with van der Waals surface area (Å²) in [6.07, 6.45) is 5.55. The maximum Gasteiger partial charge on any atom is 0.172 e. The third kappa shape index (κ3) is 2.08. The zero-order valence-electron chi connectivity index (χ0n) is 9.93. The van der Waals surface area contributed by atoms with E-state index in [4.69, 9.17) is 5.73 Å². The van der Waals surface area contributed by atoms with Gasteiger partial charge in [0.2, 0.25) is 0 Å². The van der Waals surface area contributed by atoms with E-state index in [1.54, 1.807) is 18.4 Å². The summed E-state index contributed by atoms with van der Waals surface area (Å²) in [5, 5.41) is 0. The SMILES string of the molecule is CSc1ccc(C2(CN)CCCC2)c(F)c1F. The first kappa shape index (κ1) is 12.8. The molecule has 0 bridgehead atoms. The summed E-state index contributed by atoms with van der Waals surface area (Å²) >= 11 is 1.22. The third-order valence-corrected chi connectivity index (χ3v) is 4.54. The molecule has 1 aromatic carbocycles. The molecule has 2 rings (SSSR count). The monoisotopic (exact) mass is 257 g/mol. The van der Waals surface area contributed by atoms with Gasteiger partial charge in [-0.25, -0.2) is 8.78 Å². The lowest BCUT2D eigenvalue weighted by Crippen LogP contribution is -2.33. The van der Waals surface area contributed by atoms with E-state index in [0.29, 0.717) is 17.0 Å². The van der Waals surface area contributed by atoms with Gasteiger partial charge in [-0.2, -0.15) is 0 Å². The molecule has 0 saturated heterocycles. The van der Waals surface area contributed by atoms with Crippen LogP contribution in [0.3, 0.4) is 0 Å². The first-order valence-electron chi connectivity index (χ1n) is 5.87. The summed E-state index contributed by atoms with van der Waals surface area (Å²) in [6, 6.07) is 3.37. The largest absolute Gasteiger partial charge is 0.330 e. The summed E-state index contributed by atoms with van der Waals surface area (Å²) in [6.45, 7) is 0.391. The normalized spacial score (nSPS) is 18.6. The molecule has 0 amide bonds. The summed E-state index contributed by atoms with van der Waals surface area (Å²) in [5.41, 5.74) is 5.92. The van der Waals surface area contributed by atoms with E-state index in [2.05, 4.69) is 0 Å². The highest BCUT2D eigenvalue weighted by Gasteiger charge is 2.37. The van der Waals surface area contributed by atoms with Crippen molar-refractivity contribution in [1.82, 2.24) is 0 Å². The highest BCUT2D eigenvalue weighted by molar-refractivity contribution is 7.98. The van der Waals surface area contributed by atoms with Crippen molar-refractivity contribution in [3.05, 3.63) is 29.3 Å². The zero-order chi connectivity index (χ0) is 12.5. The van der Waals surface area contributed by atoms with Gasteiger partial charge in [0.05, 0.1) is 0 Å². The van der Waals surface area contributed by atoms with Crippen LogP contribution >= 0.6 is 11.8 Å². The molecule has 2 N–H and O–H groups in total. The van der Waals surface area contributed by atoms with Crippen molar-refractivity contribution in [3.8, 4) is 0 Å². The van der Waals surface area contributed by atoms with Crippen molar-refractivity contribution in [2.24, 2.45) is 5.73 Å². The van der Waals surface area contributed by atoms with Gasteiger partial charge in [0.1, 0.15) is 0 Å². The minimum Gasteiger partial charge on any atom is -0.330 e. The van der Waals surface area contributed by atoms with E-state index in [9.17, 15) is 8.78 Å². The topological polar surface area (TPSA) is 26.0 Å². The summed E-state index contributed by atoms with van der Waals surface area (Å²) in [4.78, 5) is 0.358. The molecule has 1 aliphatic carbocycles. The molecule has 1 fully saturated rings. The number of hydrogen-bond acceptors (Lipinski definition) is 2. The predicted octanol–water partition coefficient (Wildman–Crippen LogP) is 3.46. The lowest BCUT2D eigenvalue weighted by molar-refractivity contribution is 0.403. The molecule has 4 heteroatoms. The van der Waals surface area contributed by atoms with Crippen LogP contribution in [0.2, 0.25) is 0 Å². The Labute approximate surface area is 105 Å². The summed E-state index contributed by atoms with van der Waals surface area (Å²) in [5.74, 6) is -1.43. The van der Waals surface area contributed by atoms with Crippen LogP contribution in [-0.2, 0) is 5.41 Å². The second-order valence-corrected chi connectivity index (χ2v) is 5.48. The van der Waals surface area contributed by atoms with Crippen LogP contribution < -0.4 is 5.73 Å². The maximum absolute atomic E-state index is 14.1. The molecule has 0 heterocycles. The number of benzene rings is 1. The van der Waals surface area contributed by atoms with Gasteiger partial charge in [-0.15, -0.1) is 11.8 Å². The van der Waals surface area contributed by atoms with Crippen molar-refractivity contribution in [2.75, 3.05) is 12.8 Å². The molecule has 1 aliphatic rings. The van der Waals surface area contributed by atoms with E-state index in [0.717, 1.165) is 25.7 Å². The number of hydrogen-bond donors (Lipinski definition) is 1. The van der Waals surface area contributed by atoms with Gasteiger partial charge in [0.25, 0.3) is 0 Å². The standard InChI is InChI=1S/C13H17F2NS/c1-17-10-5-4-9(11(14)12(10)15)13(8-16)6-2-3-7-13/h4-5H,2-3,6-8,16H2,1H3. The number of halogens is 2. The van der Waals surface area contributed by atoms with Crippen LogP contribution in [0, 0.1) is 11.6 Å². The average molecular weight is 257 g/mol. The molecular weight excluding hydrogens is 240 g/mol. The summed E-state index contributed by atoms with van der Waals surface area (Å²) in [7, 11) is 0. The van der Waals surface area contributed by atoms with E-state index in [1.165, 1.54) is 11.8 Å². The van der Waals surface area contributed by atoms with Crippen LogP contribution in [0.15, 0.2) is 17.0 Å². The highest BCUT2D eigenvalue weighted by Crippen LogP contribution is 2.42. The van der Waals surface area contributed by atoms with Crippen molar-refractivity contribution < 1.29 is 8.78 Å². The maximum atomic E-state index is 14.1. The second kappa shape index (κ2) is 4.94. The molecule has 0 aromatic heterocycles. The van der Waals surface area contributed by atoms with Crippen molar-refractivity contribution in [3.63, 3.8) is 0 Å². The van der Waals surface area contributed by atoms with Gasteiger partial charge in [-0.05, 0) is 30.7 Å². The van der Waals surface area contributed by atoms with Crippen molar-refractivity contribution in [1.29, 1.82) is 0 Å². The molecule has 1 nitrogen and oxygen atoms in total. The molecule has 0 spiro atoms. The molecular formula is C13H17F2NS. The lowest BCUT2D eigenvalue weighted by atomic mass is 9.78. The van der Waals surface area contributed by atoms with Gasteiger partial charge in [0, 0.05) is 16.9 Å². The van der Waals surface area contributed by atoms with Crippen LogP contribution in [0.25, 0.3) is 0 Å². The smallest absolute Gasteiger partial charge is 0.172 e. The fourth-order valence-corrected chi connectivity index (χ4v) is 3.21. The quantitative estimate of drug-likeness (QED) is 0.839. The lowest BCUT2D eigenvalue weighted by Gasteiger charge is -2.28. The van der Waals surface area contributed by atoms with Crippen LogP contribution in [0.4, 0.5) is 8.78 Å². The van der Waals surface area contributed by atoms with Gasteiger partial charge in [0.15, 0.2) is 11.6 Å². The van der Waals surface area contributed by atoms with Crippen LogP contribution in [0.1, 0.15) is 31.2 Å². The molecule has 1 aromatic rings. The van der Waals surface area contributed by atoms with Gasteiger partial charge >= 0.3 is 0 Å². The van der Waals surface area contributed by atoms with E-state index in [-0.39, 0.29) is 5.41 Å². The summed E-state index contributed by atoms with van der Waals surface area (Å²) < 4.78 is 27.9. The van der Waals surface area contributed by atoms with E-state index >= 15 is 0 Å². The fourth-order valence-electron chi connectivity index (χ4n) is 2.73. The minimum absolute atomic E-state index is 0.345. The Bertz CT molecular complexity index is 414. The van der Waals surface area contributed by atoms with Gasteiger partial charge in [-0.1, -0.05) is 18.9 Å². The van der Waals surface area contributed by atoms with Crippen LogP contribution in [0.5, 0.6) is 0 Å². The first-order chi connectivity index (χ1) is 8.14. The average Bonchev–Trinajstić information content (AvgIpc) is 2.82. The molecule has 17 heavy (non-hydrogen) atoms. The first-order valence-corrected chi connectivity index (χ1v) is 7.09. The Morgan fingerprint density at radius 2 is 1.88 bits per heavy atom. The Hall–Kier alpha value is -0.610. The van der Waals surface area contributed by atoms with Gasteiger partial charge < -0.3 is 5.73 Å². The third-order valence-electron chi connectivity index (χ3n) is 3.79. The minimum atomic E-state index is -0.727. The Morgan fingerprint density at radius 3 is 2.41 bits per heavy atom. The number of thioether (sulfide) groups is 1. The Kier molecular flexibility index (Phi) is 3.73. The molecule has 0 radical (unpaired) electrons. The highest BCUT2D eigenvalue weighted by atomic mass is 32.2. The van der Waals surface area contributed by atoms with E-state index < -0.39 is 11.6 Å².